The molecule has 6 heteroatoms. The van der Waals surface area contributed by atoms with E-state index in [1.807, 2.05) is 31.2 Å². The number of nitrogens with one attached hydrogen (secondary N) is 3. The van der Waals surface area contributed by atoms with Crippen LogP contribution in [0, 0.1) is 0 Å². The third-order valence-corrected chi connectivity index (χ3v) is 4.79. The van der Waals surface area contributed by atoms with Crippen LogP contribution in [0.25, 0.3) is 10.9 Å². The largest absolute Gasteiger partial charge is 0.356 e. The number of aryl methyl sites for hydroxylation is 1. The Bertz CT molecular complexity index is 959. The van der Waals surface area contributed by atoms with Gasteiger partial charge in [0.15, 0.2) is 5.96 Å². The fourth-order valence-electron chi connectivity index (χ4n) is 3.23. The molecular weight excluding hydrogens is 362 g/mol. The Labute approximate surface area is 172 Å². The van der Waals surface area contributed by atoms with Crippen LogP contribution in [0.4, 0.5) is 0 Å². The molecule has 0 saturated carbocycles. The van der Waals surface area contributed by atoms with E-state index in [1.54, 1.807) is 7.05 Å². The van der Waals surface area contributed by atoms with Crippen molar-refractivity contribution in [2.75, 3.05) is 20.1 Å². The molecule has 29 heavy (non-hydrogen) atoms. The number of benzene rings is 2. The number of guanidine groups is 1. The molecule has 0 saturated heterocycles. The summed E-state index contributed by atoms with van der Waals surface area (Å²) in [6.45, 7) is 4.99. The number of fused-ring (bicyclic) bond motifs is 1. The highest BCUT2D eigenvalue weighted by molar-refractivity contribution is 5.94. The molecule has 6 nitrogen and oxygen atoms in total. The molecule has 152 valence electrons. The first-order chi connectivity index (χ1) is 14.2. The predicted octanol–water partition coefficient (Wildman–Crippen LogP) is 3.15. The fraction of sp³-hybridized carbons (Fsp3) is 0.304. The van der Waals surface area contributed by atoms with Gasteiger partial charge in [0.05, 0.1) is 0 Å². The van der Waals surface area contributed by atoms with Crippen molar-refractivity contribution in [1.82, 2.24) is 20.5 Å². The van der Waals surface area contributed by atoms with Gasteiger partial charge in [-0.3, -0.25) is 9.79 Å². The van der Waals surface area contributed by atoms with E-state index in [9.17, 15) is 4.79 Å². The molecule has 0 unspecified atom stereocenters. The van der Waals surface area contributed by atoms with Gasteiger partial charge in [-0.1, -0.05) is 30.3 Å². The van der Waals surface area contributed by atoms with E-state index in [0.29, 0.717) is 18.7 Å². The molecule has 0 spiro atoms. The van der Waals surface area contributed by atoms with Gasteiger partial charge in [0.2, 0.25) is 0 Å². The van der Waals surface area contributed by atoms with E-state index in [0.717, 1.165) is 31.0 Å². The minimum atomic E-state index is -0.0417. The van der Waals surface area contributed by atoms with E-state index in [2.05, 4.69) is 62.0 Å². The van der Waals surface area contributed by atoms with Crippen LogP contribution < -0.4 is 16.0 Å². The highest BCUT2D eigenvalue weighted by Crippen LogP contribution is 2.15. The van der Waals surface area contributed by atoms with Gasteiger partial charge < -0.3 is 20.5 Å². The molecule has 2 aromatic carbocycles. The highest BCUT2D eigenvalue weighted by atomic mass is 16.1. The number of aliphatic imine (C=N–C) groups is 1. The Morgan fingerprint density at radius 3 is 2.55 bits per heavy atom. The topological polar surface area (TPSA) is 70.4 Å². The maximum atomic E-state index is 11.8. The lowest BCUT2D eigenvalue weighted by Gasteiger charge is -2.13. The minimum Gasteiger partial charge on any atom is -0.356 e. The Balaban J connectivity index is 1.42. The standard InChI is InChI=1S/C23H29N5O/c1-3-25-22(29)20-11-9-18(10-12-20)17-27-23(24-2)26-14-6-15-28-16-13-19-7-4-5-8-21(19)28/h4-5,7-13,16H,3,6,14-15,17H2,1-2H3,(H,25,29)(H2,24,26,27). The maximum absolute atomic E-state index is 11.8. The zero-order chi connectivity index (χ0) is 20.5. The number of aromatic nitrogens is 1. The van der Waals surface area contributed by atoms with Crippen molar-refractivity contribution in [1.29, 1.82) is 0 Å². The van der Waals surface area contributed by atoms with Crippen LogP contribution in [0.2, 0.25) is 0 Å². The monoisotopic (exact) mass is 391 g/mol. The summed E-state index contributed by atoms with van der Waals surface area (Å²) in [4.78, 5) is 16.1. The number of carbonyl (C=O) groups excluding carboxylic acids is 1. The van der Waals surface area contributed by atoms with E-state index >= 15 is 0 Å². The van der Waals surface area contributed by atoms with Crippen molar-refractivity contribution in [2.45, 2.75) is 26.4 Å². The summed E-state index contributed by atoms with van der Waals surface area (Å²) in [6, 6.07) is 18.2. The second-order valence-corrected chi connectivity index (χ2v) is 6.83. The molecule has 3 aromatic rings. The highest BCUT2D eigenvalue weighted by Gasteiger charge is 2.04. The van der Waals surface area contributed by atoms with Crippen LogP contribution in [0.5, 0.6) is 0 Å². The van der Waals surface area contributed by atoms with Crippen LogP contribution in [-0.4, -0.2) is 36.6 Å². The molecule has 0 aliphatic heterocycles. The fourth-order valence-corrected chi connectivity index (χ4v) is 3.23. The Kier molecular flexibility index (Phi) is 7.28. The molecule has 0 bridgehead atoms. The van der Waals surface area contributed by atoms with Gasteiger partial charge in [0.1, 0.15) is 0 Å². The van der Waals surface area contributed by atoms with Gasteiger partial charge in [-0.05, 0) is 48.6 Å². The Morgan fingerprint density at radius 1 is 1.00 bits per heavy atom. The zero-order valence-corrected chi connectivity index (χ0v) is 17.1. The molecule has 1 aromatic heterocycles. The van der Waals surface area contributed by atoms with Gasteiger partial charge in [-0.25, -0.2) is 0 Å². The van der Waals surface area contributed by atoms with E-state index < -0.39 is 0 Å². The second kappa shape index (κ2) is 10.3. The summed E-state index contributed by atoms with van der Waals surface area (Å²) in [7, 11) is 1.77. The SMILES string of the molecule is CCNC(=O)c1ccc(CNC(=NC)NCCCn2ccc3ccccc32)cc1. The summed E-state index contributed by atoms with van der Waals surface area (Å²) in [5, 5.41) is 10.8. The smallest absolute Gasteiger partial charge is 0.251 e. The van der Waals surface area contributed by atoms with Crippen LogP contribution in [0.15, 0.2) is 65.8 Å². The van der Waals surface area contributed by atoms with E-state index in [4.69, 9.17) is 0 Å². The average molecular weight is 392 g/mol. The Morgan fingerprint density at radius 2 is 1.79 bits per heavy atom. The first kappa shape index (κ1) is 20.5. The van der Waals surface area contributed by atoms with Gasteiger partial charge in [-0.2, -0.15) is 0 Å². The van der Waals surface area contributed by atoms with Gasteiger partial charge in [0, 0.05) is 50.5 Å². The summed E-state index contributed by atoms with van der Waals surface area (Å²) in [6.07, 6.45) is 3.14. The number of rotatable bonds is 8. The molecule has 0 fully saturated rings. The lowest BCUT2D eigenvalue weighted by atomic mass is 10.1. The summed E-state index contributed by atoms with van der Waals surface area (Å²) < 4.78 is 2.28. The van der Waals surface area contributed by atoms with Crippen LogP contribution in [0.1, 0.15) is 29.3 Å². The molecule has 3 rings (SSSR count). The number of nitrogens with zero attached hydrogens (tertiary/aromatic N) is 2. The number of hydrogen-bond donors (Lipinski definition) is 3. The predicted molar refractivity (Wildman–Crippen MR) is 119 cm³/mol. The summed E-state index contributed by atoms with van der Waals surface area (Å²) >= 11 is 0. The Hall–Kier alpha value is -3.28. The maximum Gasteiger partial charge on any atom is 0.251 e. The number of para-hydroxylation sites is 1. The molecule has 1 heterocycles. The van der Waals surface area contributed by atoms with Gasteiger partial charge in [-0.15, -0.1) is 0 Å². The van der Waals surface area contributed by atoms with Crippen LogP contribution in [-0.2, 0) is 13.1 Å². The van der Waals surface area contributed by atoms with Crippen molar-refractivity contribution in [3.05, 3.63) is 71.9 Å². The zero-order valence-electron chi connectivity index (χ0n) is 17.1. The normalized spacial score (nSPS) is 11.4. The van der Waals surface area contributed by atoms with Gasteiger partial charge >= 0.3 is 0 Å². The molecule has 0 aliphatic rings. The van der Waals surface area contributed by atoms with Crippen molar-refractivity contribution in [3.63, 3.8) is 0 Å². The molecule has 1 amide bonds. The lowest BCUT2D eigenvalue weighted by molar-refractivity contribution is 0.0956. The molecule has 0 aliphatic carbocycles. The molecular formula is C23H29N5O. The number of amides is 1. The van der Waals surface area contributed by atoms with E-state index in [-0.39, 0.29) is 5.91 Å². The average Bonchev–Trinajstić information content (AvgIpc) is 3.17. The second-order valence-electron chi connectivity index (χ2n) is 6.83. The minimum absolute atomic E-state index is 0.0417. The number of carbonyl (C=O) groups is 1. The molecule has 0 radical (unpaired) electrons. The van der Waals surface area contributed by atoms with Crippen molar-refractivity contribution < 1.29 is 4.79 Å². The quantitative estimate of drug-likeness (QED) is 0.314. The number of hydrogen-bond acceptors (Lipinski definition) is 2. The van der Waals surface area contributed by atoms with Crippen molar-refractivity contribution in [3.8, 4) is 0 Å². The van der Waals surface area contributed by atoms with Crippen molar-refractivity contribution in [2.24, 2.45) is 4.99 Å². The van der Waals surface area contributed by atoms with E-state index in [1.165, 1.54) is 10.9 Å². The van der Waals surface area contributed by atoms with Crippen molar-refractivity contribution >= 4 is 22.8 Å². The molecule has 3 N–H and O–H groups in total. The summed E-state index contributed by atoms with van der Waals surface area (Å²) in [5.41, 5.74) is 3.04. The van der Waals surface area contributed by atoms with Gasteiger partial charge in [0.25, 0.3) is 5.91 Å². The van der Waals surface area contributed by atoms with Crippen LogP contribution in [0.3, 0.4) is 0 Å². The third-order valence-electron chi connectivity index (χ3n) is 4.79. The first-order valence-corrected chi connectivity index (χ1v) is 10.1. The third kappa shape index (κ3) is 5.60. The first-order valence-electron chi connectivity index (χ1n) is 10.1. The summed E-state index contributed by atoms with van der Waals surface area (Å²) in [5.74, 6) is 0.732. The lowest BCUT2D eigenvalue weighted by Crippen LogP contribution is -2.37. The molecule has 0 atom stereocenters. The van der Waals surface area contributed by atoms with Crippen LogP contribution >= 0.6 is 0 Å².